The first-order valence-electron chi connectivity index (χ1n) is 6.68. The summed E-state index contributed by atoms with van der Waals surface area (Å²) in [4.78, 5) is 2.26. The van der Waals surface area contributed by atoms with Crippen molar-refractivity contribution in [1.29, 1.82) is 0 Å². The van der Waals surface area contributed by atoms with Gasteiger partial charge in [0.25, 0.3) is 0 Å². The summed E-state index contributed by atoms with van der Waals surface area (Å²) >= 11 is 0. The summed E-state index contributed by atoms with van der Waals surface area (Å²) < 4.78 is 7.76. The highest BCUT2D eigenvalue weighted by atomic mass is 16.4. The third-order valence-corrected chi connectivity index (χ3v) is 3.66. The number of furan rings is 1. The Hall–Kier alpha value is -1.82. The first-order chi connectivity index (χ1) is 9.20. The number of rotatable bonds is 4. The standard InChI is InChI=1S/C13H20N4O2/c1-15(6-7-18)17-10-8-13(16-4-2-3-5-16)19-11(10)9-12(17)14/h8-9,18H,2-7,14H2,1H3. The summed E-state index contributed by atoms with van der Waals surface area (Å²) in [5.74, 6) is 1.53. The van der Waals surface area contributed by atoms with E-state index in [1.807, 2.05) is 28.9 Å². The third-order valence-electron chi connectivity index (χ3n) is 3.66. The molecule has 0 aromatic carbocycles. The maximum atomic E-state index is 9.05. The van der Waals surface area contributed by atoms with Crippen molar-refractivity contribution in [2.24, 2.45) is 0 Å². The van der Waals surface area contributed by atoms with E-state index in [9.17, 15) is 0 Å². The van der Waals surface area contributed by atoms with Gasteiger partial charge in [0.1, 0.15) is 11.3 Å². The van der Waals surface area contributed by atoms with Crippen molar-refractivity contribution in [3.05, 3.63) is 12.1 Å². The van der Waals surface area contributed by atoms with E-state index in [2.05, 4.69) is 4.90 Å². The minimum Gasteiger partial charge on any atom is -0.439 e. The van der Waals surface area contributed by atoms with E-state index in [0.29, 0.717) is 12.4 Å². The number of hydrogen-bond acceptors (Lipinski definition) is 5. The van der Waals surface area contributed by atoms with E-state index < -0.39 is 0 Å². The van der Waals surface area contributed by atoms with Crippen LogP contribution in [-0.4, -0.2) is 43.1 Å². The molecule has 0 bridgehead atoms. The predicted molar refractivity (Wildman–Crippen MR) is 76.2 cm³/mol. The second kappa shape index (κ2) is 4.70. The molecule has 19 heavy (non-hydrogen) atoms. The average Bonchev–Trinajstić information content (AvgIpc) is 3.02. The molecule has 0 spiro atoms. The molecule has 2 aromatic heterocycles. The molecule has 1 saturated heterocycles. The summed E-state index contributed by atoms with van der Waals surface area (Å²) in [5, 5.41) is 10.9. The summed E-state index contributed by atoms with van der Waals surface area (Å²) in [6.45, 7) is 2.72. The molecule has 0 amide bonds. The Kier molecular flexibility index (Phi) is 3.02. The average molecular weight is 264 g/mol. The quantitative estimate of drug-likeness (QED) is 0.861. The molecule has 6 heteroatoms. The smallest absolute Gasteiger partial charge is 0.198 e. The molecule has 0 aliphatic carbocycles. The van der Waals surface area contributed by atoms with Crippen LogP contribution in [0.1, 0.15) is 12.8 Å². The van der Waals surface area contributed by atoms with Crippen LogP contribution in [0.2, 0.25) is 0 Å². The fraction of sp³-hybridized carbons (Fsp3) is 0.538. The van der Waals surface area contributed by atoms with E-state index in [4.69, 9.17) is 15.3 Å². The summed E-state index contributed by atoms with van der Waals surface area (Å²) in [6.07, 6.45) is 2.44. The lowest BCUT2D eigenvalue weighted by atomic mass is 10.4. The largest absolute Gasteiger partial charge is 0.439 e. The van der Waals surface area contributed by atoms with Gasteiger partial charge in [-0.25, -0.2) is 4.68 Å². The molecular weight excluding hydrogens is 244 g/mol. The molecular formula is C13H20N4O2. The summed E-state index contributed by atoms with van der Waals surface area (Å²) in [7, 11) is 1.90. The molecule has 2 aromatic rings. The van der Waals surface area contributed by atoms with Gasteiger partial charge in [-0.2, -0.15) is 0 Å². The van der Waals surface area contributed by atoms with Gasteiger partial charge in [-0.05, 0) is 12.8 Å². The highest BCUT2D eigenvalue weighted by Gasteiger charge is 2.20. The molecule has 0 radical (unpaired) electrons. The molecule has 1 fully saturated rings. The van der Waals surface area contributed by atoms with Gasteiger partial charge in [0, 0.05) is 32.3 Å². The van der Waals surface area contributed by atoms with Crippen molar-refractivity contribution in [1.82, 2.24) is 4.68 Å². The van der Waals surface area contributed by atoms with Gasteiger partial charge >= 0.3 is 0 Å². The number of fused-ring (bicyclic) bond motifs is 1. The predicted octanol–water partition coefficient (Wildman–Crippen LogP) is 0.977. The van der Waals surface area contributed by atoms with Gasteiger partial charge in [0.05, 0.1) is 13.2 Å². The number of aliphatic hydroxyl groups excluding tert-OH is 1. The highest BCUT2D eigenvalue weighted by molar-refractivity contribution is 5.83. The SMILES string of the molecule is CN(CCO)n1c(N)cc2oc(N3CCCC3)cc21. The lowest BCUT2D eigenvalue weighted by Crippen LogP contribution is -2.33. The number of nitrogens with zero attached hydrogens (tertiary/aromatic N) is 3. The molecule has 1 aliphatic heterocycles. The monoisotopic (exact) mass is 264 g/mol. The van der Waals surface area contributed by atoms with Crippen LogP contribution in [0.3, 0.4) is 0 Å². The number of nitrogen functional groups attached to an aromatic ring is 1. The van der Waals surface area contributed by atoms with Gasteiger partial charge in [0.2, 0.25) is 0 Å². The minimum atomic E-state index is 0.0897. The number of hydrogen-bond donors (Lipinski definition) is 2. The zero-order valence-electron chi connectivity index (χ0n) is 11.2. The van der Waals surface area contributed by atoms with E-state index >= 15 is 0 Å². The van der Waals surface area contributed by atoms with Crippen LogP contribution in [0.5, 0.6) is 0 Å². The zero-order chi connectivity index (χ0) is 13.4. The van der Waals surface area contributed by atoms with Crippen LogP contribution in [0.25, 0.3) is 11.1 Å². The Morgan fingerprint density at radius 1 is 1.37 bits per heavy atom. The Balaban J connectivity index is 1.99. The van der Waals surface area contributed by atoms with E-state index in [1.165, 1.54) is 12.8 Å². The molecule has 0 unspecified atom stereocenters. The molecule has 3 heterocycles. The highest BCUT2D eigenvalue weighted by Crippen LogP contribution is 2.31. The van der Waals surface area contributed by atoms with Crippen molar-refractivity contribution in [2.45, 2.75) is 12.8 Å². The van der Waals surface area contributed by atoms with E-state index in [1.54, 1.807) is 0 Å². The molecule has 1 aliphatic rings. The van der Waals surface area contributed by atoms with E-state index in [-0.39, 0.29) is 6.61 Å². The molecule has 6 nitrogen and oxygen atoms in total. The fourth-order valence-corrected chi connectivity index (χ4v) is 2.71. The van der Waals surface area contributed by atoms with Crippen LogP contribution in [0.15, 0.2) is 16.5 Å². The number of likely N-dealkylation sites (N-methyl/N-ethyl adjacent to an activating group) is 1. The summed E-state index contributed by atoms with van der Waals surface area (Å²) in [5.41, 5.74) is 7.75. The van der Waals surface area contributed by atoms with Crippen LogP contribution in [0.4, 0.5) is 11.7 Å². The Morgan fingerprint density at radius 2 is 2.11 bits per heavy atom. The topological polar surface area (TPSA) is 70.8 Å². The van der Waals surface area contributed by atoms with Crippen LogP contribution < -0.4 is 15.6 Å². The maximum Gasteiger partial charge on any atom is 0.198 e. The van der Waals surface area contributed by atoms with Crippen molar-refractivity contribution >= 4 is 22.8 Å². The van der Waals surface area contributed by atoms with Crippen molar-refractivity contribution in [2.75, 3.05) is 48.9 Å². The second-order valence-corrected chi connectivity index (χ2v) is 5.01. The molecule has 0 saturated carbocycles. The molecule has 0 atom stereocenters. The van der Waals surface area contributed by atoms with Crippen molar-refractivity contribution in [3.8, 4) is 0 Å². The molecule has 104 valence electrons. The fourth-order valence-electron chi connectivity index (χ4n) is 2.71. The van der Waals surface area contributed by atoms with Gasteiger partial charge in [-0.15, -0.1) is 0 Å². The Labute approximate surface area is 111 Å². The van der Waals surface area contributed by atoms with Gasteiger partial charge in [0.15, 0.2) is 11.5 Å². The van der Waals surface area contributed by atoms with Crippen LogP contribution in [0, 0.1) is 0 Å². The lowest BCUT2D eigenvalue weighted by molar-refractivity contribution is 0.296. The van der Waals surface area contributed by atoms with Crippen molar-refractivity contribution in [3.63, 3.8) is 0 Å². The summed E-state index contributed by atoms with van der Waals surface area (Å²) in [6, 6.07) is 3.87. The van der Waals surface area contributed by atoms with Gasteiger partial charge < -0.3 is 25.2 Å². The van der Waals surface area contributed by atoms with Gasteiger partial charge in [-0.3, -0.25) is 0 Å². The van der Waals surface area contributed by atoms with Crippen LogP contribution >= 0.6 is 0 Å². The maximum absolute atomic E-state index is 9.05. The van der Waals surface area contributed by atoms with Gasteiger partial charge in [-0.1, -0.05) is 0 Å². The molecule has 3 rings (SSSR count). The number of nitrogens with two attached hydrogens (primary N) is 1. The molecule has 3 N–H and O–H groups in total. The zero-order valence-corrected chi connectivity index (χ0v) is 11.2. The van der Waals surface area contributed by atoms with Crippen molar-refractivity contribution < 1.29 is 9.52 Å². The number of aromatic nitrogens is 1. The van der Waals surface area contributed by atoms with Crippen LogP contribution in [-0.2, 0) is 0 Å². The first kappa shape index (κ1) is 12.2. The van der Waals surface area contributed by atoms with E-state index in [0.717, 1.165) is 30.1 Å². The Morgan fingerprint density at radius 3 is 2.79 bits per heavy atom. The second-order valence-electron chi connectivity index (χ2n) is 5.01. The number of anilines is 2. The lowest BCUT2D eigenvalue weighted by Gasteiger charge is -2.21. The number of aliphatic hydroxyl groups is 1. The Bertz CT molecular complexity index is 568. The minimum absolute atomic E-state index is 0.0897. The first-order valence-corrected chi connectivity index (χ1v) is 6.68. The normalized spacial score (nSPS) is 15.6. The third kappa shape index (κ3) is 2.02.